The third-order valence-electron chi connectivity index (χ3n) is 4.26. The predicted molar refractivity (Wildman–Crippen MR) is 93.5 cm³/mol. The van der Waals surface area contributed by atoms with E-state index in [0.29, 0.717) is 29.5 Å². The van der Waals surface area contributed by atoms with Gasteiger partial charge >= 0.3 is 0 Å². The molecule has 0 saturated carbocycles. The van der Waals surface area contributed by atoms with Gasteiger partial charge in [0.2, 0.25) is 11.8 Å². The number of carbonyl (C=O) groups excluding carboxylic acids is 2. The highest BCUT2D eigenvalue weighted by Gasteiger charge is 2.36. The molecule has 1 aliphatic rings. The maximum absolute atomic E-state index is 12.6. The molecule has 1 N–H and O–H groups in total. The van der Waals surface area contributed by atoms with Crippen molar-refractivity contribution in [3.63, 3.8) is 0 Å². The SMILES string of the molecule is COc1ccc(N2C[C@@H](C(=O)N(C)Cc3ccn[nH]3)CC2=O)cc1Cl. The average molecular weight is 363 g/mol. The molecule has 0 unspecified atom stereocenters. The molecular weight excluding hydrogens is 344 g/mol. The van der Waals surface area contributed by atoms with E-state index in [4.69, 9.17) is 16.3 Å². The molecule has 0 radical (unpaired) electrons. The van der Waals surface area contributed by atoms with Gasteiger partial charge in [-0.3, -0.25) is 14.7 Å². The highest BCUT2D eigenvalue weighted by molar-refractivity contribution is 6.32. The van der Waals surface area contributed by atoms with Gasteiger partial charge in [-0.15, -0.1) is 0 Å². The Hall–Kier alpha value is -2.54. The van der Waals surface area contributed by atoms with Gasteiger partial charge < -0.3 is 14.5 Å². The summed E-state index contributed by atoms with van der Waals surface area (Å²) < 4.78 is 5.13. The molecule has 1 aromatic carbocycles. The molecule has 1 saturated heterocycles. The number of H-pyrrole nitrogens is 1. The maximum atomic E-state index is 12.6. The molecule has 1 fully saturated rings. The van der Waals surface area contributed by atoms with E-state index in [1.165, 1.54) is 7.11 Å². The van der Waals surface area contributed by atoms with Crippen molar-refractivity contribution in [2.45, 2.75) is 13.0 Å². The predicted octanol–water partition coefficient (Wildman–Crippen LogP) is 2.08. The number of aromatic amines is 1. The topological polar surface area (TPSA) is 78.5 Å². The van der Waals surface area contributed by atoms with Crippen molar-refractivity contribution in [3.8, 4) is 5.75 Å². The van der Waals surface area contributed by atoms with Gasteiger partial charge in [0.25, 0.3) is 0 Å². The van der Waals surface area contributed by atoms with Crippen LogP contribution < -0.4 is 9.64 Å². The standard InChI is InChI=1S/C17H19ClN4O3/c1-21(10-12-5-6-19-20-12)17(24)11-7-16(23)22(9-11)13-3-4-15(25-2)14(18)8-13/h3-6,8,11H,7,9-10H2,1-2H3,(H,19,20)/t11-/m0/s1. The summed E-state index contributed by atoms with van der Waals surface area (Å²) in [6, 6.07) is 6.98. The van der Waals surface area contributed by atoms with Crippen molar-refractivity contribution in [2.75, 3.05) is 25.6 Å². The van der Waals surface area contributed by atoms with E-state index in [9.17, 15) is 9.59 Å². The van der Waals surface area contributed by atoms with E-state index in [-0.39, 0.29) is 24.2 Å². The van der Waals surface area contributed by atoms with Crippen LogP contribution in [0.1, 0.15) is 12.1 Å². The molecular formula is C17H19ClN4O3. The van der Waals surface area contributed by atoms with E-state index < -0.39 is 0 Å². The second-order valence-corrected chi connectivity index (χ2v) is 6.41. The van der Waals surface area contributed by atoms with Crippen molar-refractivity contribution in [2.24, 2.45) is 5.92 Å². The van der Waals surface area contributed by atoms with Crippen molar-refractivity contribution >= 4 is 29.1 Å². The lowest BCUT2D eigenvalue weighted by molar-refractivity contribution is -0.135. The van der Waals surface area contributed by atoms with Gasteiger partial charge in [-0.1, -0.05) is 11.6 Å². The molecule has 3 rings (SSSR count). The second kappa shape index (κ2) is 7.14. The Morgan fingerprint density at radius 3 is 2.92 bits per heavy atom. The van der Waals surface area contributed by atoms with E-state index in [1.54, 1.807) is 41.2 Å². The zero-order chi connectivity index (χ0) is 18.0. The van der Waals surface area contributed by atoms with E-state index in [1.807, 2.05) is 6.07 Å². The van der Waals surface area contributed by atoms with Crippen molar-refractivity contribution in [1.29, 1.82) is 0 Å². The number of ether oxygens (including phenoxy) is 1. The van der Waals surface area contributed by atoms with Crippen LogP contribution in [0.5, 0.6) is 5.75 Å². The molecule has 0 bridgehead atoms. The molecule has 25 heavy (non-hydrogen) atoms. The summed E-state index contributed by atoms with van der Waals surface area (Å²) in [4.78, 5) is 28.2. The summed E-state index contributed by atoms with van der Waals surface area (Å²) >= 11 is 6.14. The molecule has 1 aromatic heterocycles. The fraction of sp³-hybridized carbons (Fsp3) is 0.353. The number of anilines is 1. The Labute approximate surface area is 150 Å². The van der Waals surface area contributed by atoms with Gasteiger partial charge in [0.1, 0.15) is 5.75 Å². The highest BCUT2D eigenvalue weighted by Crippen LogP contribution is 2.32. The first kappa shape index (κ1) is 17.3. The Morgan fingerprint density at radius 1 is 1.48 bits per heavy atom. The number of aromatic nitrogens is 2. The van der Waals surface area contributed by atoms with Crippen molar-refractivity contribution in [3.05, 3.63) is 41.2 Å². The van der Waals surface area contributed by atoms with E-state index in [2.05, 4.69) is 10.2 Å². The summed E-state index contributed by atoms with van der Waals surface area (Å²) in [5.41, 5.74) is 1.52. The first-order valence-corrected chi connectivity index (χ1v) is 8.24. The molecule has 0 aliphatic carbocycles. The number of carbonyl (C=O) groups is 2. The lowest BCUT2D eigenvalue weighted by Crippen LogP contribution is -2.34. The van der Waals surface area contributed by atoms with Gasteiger partial charge in [0.05, 0.1) is 30.3 Å². The van der Waals surface area contributed by atoms with Crippen LogP contribution in [0.2, 0.25) is 5.02 Å². The van der Waals surface area contributed by atoms with Crippen LogP contribution in [0.3, 0.4) is 0 Å². The lowest BCUT2D eigenvalue weighted by atomic mass is 10.1. The zero-order valence-corrected chi connectivity index (χ0v) is 14.8. The van der Waals surface area contributed by atoms with Crippen LogP contribution in [0.4, 0.5) is 5.69 Å². The Kier molecular flexibility index (Phi) is 4.94. The van der Waals surface area contributed by atoms with Gasteiger partial charge in [0, 0.05) is 31.9 Å². The van der Waals surface area contributed by atoms with Gasteiger partial charge in [-0.2, -0.15) is 5.10 Å². The smallest absolute Gasteiger partial charge is 0.228 e. The molecule has 7 nitrogen and oxygen atoms in total. The maximum Gasteiger partial charge on any atom is 0.228 e. The number of hydrogen-bond donors (Lipinski definition) is 1. The molecule has 2 heterocycles. The summed E-state index contributed by atoms with van der Waals surface area (Å²) in [7, 11) is 3.26. The number of hydrogen-bond acceptors (Lipinski definition) is 4. The number of amides is 2. The van der Waals surface area contributed by atoms with E-state index >= 15 is 0 Å². The third kappa shape index (κ3) is 3.61. The fourth-order valence-electron chi connectivity index (χ4n) is 2.96. The molecule has 8 heteroatoms. The summed E-state index contributed by atoms with van der Waals surface area (Å²) in [5, 5.41) is 7.13. The minimum Gasteiger partial charge on any atom is -0.495 e. The monoisotopic (exact) mass is 362 g/mol. The first-order chi connectivity index (χ1) is 12.0. The number of nitrogens with zero attached hydrogens (tertiary/aromatic N) is 3. The lowest BCUT2D eigenvalue weighted by Gasteiger charge is -2.21. The largest absolute Gasteiger partial charge is 0.495 e. The number of halogens is 1. The minimum absolute atomic E-state index is 0.0648. The Morgan fingerprint density at radius 2 is 2.28 bits per heavy atom. The summed E-state index contributed by atoms with van der Waals surface area (Å²) in [6.07, 6.45) is 1.83. The molecule has 2 amide bonds. The minimum atomic E-state index is -0.374. The van der Waals surface area contributed by atoms with E-state index in [0.717, 1.165) is 5.69 Å². The van der Waals surface area contributed by atoms with Crippen molar-refractivity contribution in [1.82, 2.24) is 15.1 Å². The Bertz CT molecular complexity index is 778. The number of benzene rings is 1. The third-order valence-corrected chi connectivity index (χ3v) is 4.56. The fourth-order valence-corrected chi connectivity index (χ4v) is 3.22. The van der Waals surface area contributed by atoms with Crippen LogP contribution in [0, 0.1) is 5.92 Å². The van der Waals surface area contributed by atoms with Crippen LogP contribution in [-0.4, -0.2) is 47.6 Å². The zero-order valence-electron chi connectivity index (χ0n) is 14.0. The average Bonchev–Trinajstić information content (AvgIpc) is 3.23. The number of rotatable bonds is 5. The van der Waals surface area contributed by atoms with Crippen molar-refractivity contribution < 1.29 is 14.3 Å². The molecule has 1 aliphatic heterocycles. The first-order valence-electron chi connectivity index (χ1n) is 7.86. The molecule has 132 valence electrons. The van der Waals surface area contributed by atoms with Gasteiger partial charge in [0.15, 0.2) is 0 Å². The highest BCUT2D eigenvalue weighted by atomic mass is 35.5. The Balaban J connectivity index is 1.69. The van der Waals surface area contributed by atoms with Crippen LogP contribution in [0.25, 0.3) is 0 Å². The second-order valence-electron chi connectivity index (χ2n) is 6.00. The summed E-state index contributed by atoms with van der Waals surface area (Å²) in [6.45, 7) is 0.769. The molecule has 0 spiro atoms. The quantitative estimate of drug-likeness (QED) is 0.883. The van der Waals surface area contributed by atoms with Gasteiger partial charge in [-0.25, -0.2) is 0 Å². The normalized spacial score (nSPS) is 17.0. The van der Waals surface area contributed by atoms with Crippen LogP contribution in [0.15, 0.2) is 30.5 Å². The number of methoxy groups -OCH3 is 1. The molecule has 1 atom stereocenters. The molecule has 2 aromatic rings. The summed E-state index contributed by atoms with van der Waals surface area (Å²) in [5.74, 6) is 0.0184. The van der Waals surface area contributed by atoms with Crippen LogP contribution >= 0.6 is 11.6 Å². The van der Waals surface area contributed by atoms with Crippen LogP contribution in [-0.2, 0) is 16.1 Å². The number of nitrogens with one attached hydrogen (secondary N) is 1. The van der Waals surface area contributed by atoms with Gasteiger partial charge in [-0.05, 0) is 24.3 Å².